The molecule has 0 N–H and O–H groups in total. The Balaban J connectivity index is 2.86. The first-order valence-electron chi connectivity index (χ1n) is 8.65. The van der Waals surface area contributed by atoms with E-state index in [0.717, 1.165) is 0 Å². The van der Waals surface area contributed by atoms with Crippen LogP contribution < -0.4 is 0 Å². The van der Waals surface area contributed by atoms with Gasteiger partial charge in [0, 0.05) is 0 Å². The van der Waals surface area contributed by atoms with Gasteiger partial charge >= 0.3 is 11.9 Å². The average Bonchev–Trinajstić information content (AvgIpc) is 2.42. The van der Waals surface area contributed by atoms with Gasteiger partial charge in [0.15, 0.2) is 0 Å². The van der Waals surface area contributed by atoms with E-state index < -0.39 is 35.7 Å². The fraction of sp³-hybridized carbons (Fsp3) is 0.600. The Morgan fingerprint density at radius 1 is 0.731 bits per heavy atom. The Bertz CT molecular complexity index is 569. The maximum absolute atomic E-state index is 12.4. The molecule has 0 aliphatic rings. The highest BCUT2D eigenvalue weighted by atomic mass is 16.7. The average molecular weight is 366 g/mol. The van der Waals surface area contributed by atoms with Crippen molar-refractivity contribution in [3.63, 3.8) is 0 Å². The van der Waals surface area contributed by atoms with E-state index in [2.05, 4.69) is 0 Å². The molecule has 0 heterocycles. The Labute approximate surface area is 155 Å². The van der Waals surface area contributed by atoms with E-state index >= 15 is 0 Å². The van der Waals surface area contributed by atoms with Crippen LogP contribution in [0.2, 0.25) is 0 Å². The van der Waals surface area contributed by atoms with Crippen molar-refractivity contribution in [2.75, 3.05) is 0 Å². The third-order valence-electron chi connectivity index (χ3n) is 2.95. The van der Waals surface area contributed by atoms with Crippen molar-refractivity contribution < 1.29 is 28.5 Å². The van der Waals surface area contributed by atoms with E-state index in [1.54, 1.807) is 26.0 Å². The predicted octanol–water partition coefficient (Wildman–Crippen LogP) is 4.32. The first-order valence-corrected chi connectivity index (χ1v) is 8.65. The van der Waals surface area contributed by atoms with Crippen LogP contribution in [0.4, 0.5) is 0 Å². The maximum Gasteiger partial charge on any atom is 0.341 e. The molecule has 26 heavy (non-hydrogen) atoms. The molecule has 0 saturated carbocycles. The summed E-state index contributed by atoms with van der Waals surface area (Å²) in [5.74, 6) is -1.31. The summed E-state index contributed by atoms with van der Waals surface area (Å²) >= 11 is 0. The van der Waals surface area contributed by atoms with E-state index in [0.29, 0.717) is 0 Å². The maximum atomic E-state index is 12.4. The second-order valence-electron chi connectivity index (χ2n) is 7.95. The van der Waals surface area contributed by atoms with E-state index in [1.165, 1.54) is 12.1 Å². The van der Waals surface area contributed by atoms with Crippen LogP contribution in [0.1, 0.15) is 76.1 Å². The third-order valence-corrected chi connectivity index (χ3v) is 2.95. The number of hydrogen-bond acceptors (Lipinski definition) is 6. The van der Waals surface area contributed by atoms with Gasteiger partial charge in [-0.15, -0.1) is 0 Å². The van der Waals surface area contributed by atoms with Crippen LogP contribution in [-0.4, -0.2) is 35.7 Å². The molecule has 0 saturated heterocycles. The zero-order valence-electron chi connectivity index (χ0n) is 16.9. The van der Waals surface area contributed by atoms with Crippen LogP contribution in [0.5, 0.6) is 0 Å². The number of rotatable bonds is 6. The minimum absolute atomic E-state index is 0.116. The van der Waals surface area contributed by atoms with Crippen LogP contribution in [-0.2, 0) is 18.9 Å². The zero-order valence-corrected chi connectivity index (χ0v) is 16.9. The second-order valence-corrected chi connectivity index (χ2v) is 7.95. The van der Waals surface area contributed by atoms with Crippen LogP contribution in [0.15, 0.2) is 24.3 Å². The van der Waals surface area contributed by atoms with Crippen LogP contribution in [0.25, 0.3) is 0 Å². The van der Waals surface area contributed by atoms with Crippen molar-refractivity contribution in [2.24, 2.45) is 0 Å². The number of esters is 2. The number of hydrogen-bond donors (Lipinski definition) is 0. The Morgan fingerprint density at radius 2 is 1.04 bits per heavy atom. The molecule has 0 fully saturated rings. The van der Waals surface area contributed by atoms with Gasteiger partial charge in [0.05, 0.1) is 22.3 Å². The molecule has 0 amide bonds. The number of carbonyl (C=O) groups is 2. The van der Waals surface area contributed by atoms with Crippen molar-refractivity contribution in [3.8, 4) is 0 Å². The predicted molar refractivity (Wildman–Crippen MR) is 97.9 cm³/mol. The molecule has 0 spiro atoms. The van der Waals surface area contributed by atoms with Gasteiger partial charge < -0.3 is 18.9 Å². The Morgan fingerprint density at radius 3 is 1.31 bits per heavy atom. The van der Waals surface area contributed by atoms with E-state index in [9.17, 15) is 9.59 Å². The molecular formula is C20H30O6. The first-order chi connectivity index (χ1) is 11.8. The Kier molecular flexibility index (Phi) is 7.35. The molecule has 1 aromatic carbocycles. The van der Waals surface area contributed by atoms with E-state index in [-0.39, 0.29) is 11.1 Å². The molecule has 0 aromatic heterocycles. The number of benzene rings is 1. The van der Waals surface area contributed by atoms with Gasteiger partial charge in [-0.25, -0.2) is 9.59 Å². The van der Waals surface area contributed by atoms with Gasteiger partial charge in [-0.3, -0.25) is 0 Å². The molecule has 1 aromatic rings. The van der Waals surface area contributed by atoms with Crippen molar-refractivity contribution >= 4 is 11.9 Å². The first kappa shape index (κ1) is 22.1. The standard InChI is InChI=1S/C20H30O6/c1-13(25-19(3,4)5)23-17(21)15-11-9-10-12-16(15)18(22)24-14(2)26-20(6,7)8/h9-14H,1-8H3. The van der Waals surface area contributed by atoms with Crippen molar-refractivity contribution in [3.05, 3.63) is 35.4 Å². The largest absolute Gasteiger partial charge is 0.432 e. The lowest BCUT2D eigenvalue weighted by atomic mass is 10.1. The summed E-state index contributed by atoms with van der Waals surface area (Å²) in [6.45, 7) is 14.4. The lowest BCUT2D eigenvalue weighted by Gasteiger charge is -2.25. The summed E-state index contributed by atoms with van der Waals surface area (Å²) in [5, 5.41) is 0. The molecule has 146 valence electrons. The number of carbonyl (C=O) groups excluding carboxylic acids is 2. The highest BCUT2D eigenvalue weighted by molar-refractivity contribution is 6.03. The monoisotopic (exact) mass is 366 g/mol. The van der Waals surface area contributed by atoms with Gasteiger partial charge in [0.2, 0.25) is 12.6 Å². The minimum Gasteiger partial charge on any atom is -0.432 e. The molecule has 6 heteroatoms. The van der Waals surface area contributed by atoms with Gasteiger partial charge in [-0.1, -0.05) is 12.1 Å². The molecular weight excluding hydrogens is 336 g/mol. The van der Waals surface area contributed by atoms with Gasteiger partial charge in [-0.05, 0) is 67.5 Å². The van der Waals surface area contributed by atoms with E-state index in [1.807, 2.05) is 41.5 Å². The lowest BCUT2D eigenvalue weighted by molar-refractivity contribution is -0.160. The van der Waals surface area contributed by atoms with Gasteiger partial charge in [0.1, 0.15) is 0 Å². The summed E-state index contributed by atoms with van der Waals surface area (Å²) < 4.78 is 21.7. The minimum atomic E-state index is -0.755. The molecule has 2 atom stereocenters. The number of ether oxygens (including phenoxy) is 4. The smallest absolute Gasteiger partial charge is 0.341 e. The molecule has 0 bridgehead atoms. The topological polar surface area (TPSA) is 71.1 Å². The fourth-order valence-electron chi connectivity index (χ4n) is 2.31. The summed E-state index contributed by atoms with van der Waals surface area (Å²) in [4.78, 5) is 24.9. The van der Waals surface area contributed by atoms with Crippen molar-refractivity contribution in [2.45, 2.75) is 79.2 Å². The molecule has 0 aliphatic heterocycles. The van der Waals surface area contributed by atoms with Crippen LogP contribution in [0.3, 0.4) is 0 Å². The summed E-state index contributed by atoms with van der Waals surface area (Å²) in [6, 6.07) is 6.32. The quantitative estimate of drug-likeness (QED) is 0.551. The molecule has 0 aliphatic carbocycles. The summed E-state index contributed by atoms with van der Waals surface area (Å²) in [6.07, 6.45) is -1.51. The molecule has 0 radical (unpaired) electrons. The zero-order chi connectivity index (χ0) is 20.1. The highest BCUT2D eigenvalue weighted by Gasteiger charge is 2.25. The normalized spacial score (nSPS) is 14.5. The molecule has 1 rings (SSSR count). The second kappa shape index (κ2) is 8.64. The van der Waals surface area contributed by atoms with Gasteiger partial charge in [0.25, 0.3) is 0 Å². The SMILES string of the molecule is CC(OC(=O)c1ccccc1C(=O)OC(C)OC(C)(C)C)OC(C)(C)C. The van der Waals surface area contributed by atoms with E-state index in [4.69, 9.17) is 18.9 Å². The summed E-state index contributed by atoms with van der Waals surface area (Å²) in [5.41, 5.74) is -0.690. The third kappa shape index (κ3) is 7.97. The van der Waals surface area contributed by atoms with Crippen LogP contribution in [0, 0.1) is 0 Å². The molecule has 6 nitrogen and oxygen atoms in total. The van der Waals surface area contributed by atoms with Crippen LogP contribution >= 0.6 is 0 Å². The fourth-order valence-corrected chi connectivity index (χ4v) is 2.31. The van der Waals surface area contributed by atoms with Gasteiger partial charge in [-0.2, -0.15) is 0 Å². The Hall–Kier alpha value is -1.92. The lowest BCUT2D eigenvalue weighted by Crippen LogP contribution is -2.30. The van der Waals surface area contributed by atoms with Crippen molar-refractivity contribution in [1.82, 2.24) is 0 Å². The molecule has 2 unspecified atom stereocenters. The summed E-state index contributed by atoms with van der Waals surface area (Å²) in [7, 11) is 0. The van der Waals surface area contributed by atoms with Crippen molar-refractivity contribution in [1.29, 1.82) is 0 Å². The highest BCUT2D eigenvalue weighted by Crippen LogP contribution is 2.18.